The standard InChI is InChI=1S/C12H17N3S/c1-5-9-6-7-16-10(9)11-14-13-8-15(11)12(2,3)4/h6-8H,5H2,1-4H3. The highest BCUT2D eigenvalue weighted by atomic mass is 32.1. The van der Waals surface area contributed by atoms with Crippen molar-refractivity contribution in [1.29, 1.82) is 0 Å². The van der Waals surface area contributed by atoms with E-state index in [0.717, 1.165) is 12.2 Å². The molecule has 4 heteroatoms. The molecule has 0 aliphatic rings. The highest BCUT2D eigenvalue weighted by molar-refractivity contribution is 7.13. The van der Waals surface area contributed by atoms with Crippen LogP contribution in [0.5, 0.6) is 0 Å². The van der Waals surface area contributed by atoms with E-state index in [9.17, 15) is 0 Å². The molecule has 0 aromatic carbocycles. The fraction of sp³-hybridized carbons (Fsp3) is 0.500. The first-order chi connectivity index (χ1) is 7.54. The van der Waals surface area contributed by atoms with Crippen LogP contribution >= 0.6 is 11.3 Å². The highest BCUT2D eigenvalue weighted by Crippen LogP contribution is 2.31. The van der Waals surface area contributed by atoms with Gasteiger partial charge in [0.2, 0.25) is 0 Å². The lowest BCUT2D eigenvalue weighted by Crippen LogP contribution is -2.21. The predicted molar refractivity (Wildman–Crippen MR) is 67.7 cm³/mol. The summed E-state index contributed by atoms with van der Waals surface area (Å²) in [7, 11) is 0. The van der Waals surface area contributed by atoms with Crippen LogP contribution in [-0.4, -0.2) is 14.8 Å². The first-order valence-electron chi connectivity index (χ1n) is 5.51. The van der Waals surface area contributed by atoms with Gasteiger partial charge in [0, 0.05) is 5.54 Å². The Kier molecular flexibility index (Phi) is 2.84. The van der Waals surface area contributed by atoms with Gasteiger partial charge >= 0.3 is 0 Å². The Hall–Kier alpha value is -1.16. The van der Waals surface area contributed by atoms with E-state index >= 15 is 0 Å². The van der Waals surface area contributed by atoms with Crippen molar-refractivity contribution in [1.82, 2.24) is 14.8 Å². The molecule has 0 saturated carbocycles. The molecular weight excluding hydrogens is 218 g/mol. The minimum atomic E-state index is 0.0217. The largest absolute Gasteiger partial charge is 0.308 e. The Balaban J connectivity index is 2.53. The van der Waals surface area contributed by atoms with E-state index in [2.05, 4.69) is 53.9 Å². The fourth-order valence-corrected chi connectivity index (χ4v) is 2.67. The zero-order valence-corrected chi connectivity index (χ0v) is 11.0. The van der Waals surface area contributed by atoms with Crippen molar-refractivity contribution in [3.8, 4) is 10.7 Å². The second-order valence-corrected chi connectivity index (χ2v) is 5.74. The Morgan fingerprint density at radius 3 is 2.75 bits per heavy atom. The monoisotopic (exact) mass is 235 g/mol. The Morgan fingerprint density at radius 1 is 1.38 bits per heavy atom. The first kappa shape index (κ1) is 11.3. The van der Waals surface area contributed by atoms with E-state index in [1.165, 1.54) is 10.4 Å². The summed E-state index contributed by atoms with van der Waals surface area (Å²) in [6.07, 6.45) is 2.85. The molecule has 16 heavy (non-hydrogen) atoms. The lowest BCUT2D eigenvalue weighted by Gasteiger charge is -2.22. The smallest absolute Gasteiger partial charge is 0.174 e. The molecule has 2 aromatic rings. The molecule has 0 N–H and O–H groups in total. The molecule has 3 nitrogen and oxygen atoms in total. The van der Waals surface area contributed by atoms with Crippen molar-refractivity contribution < 1.29 is 0 Å². The molecule has 0 saturated heterocycles. The van der Waals surface area contributed by atoms with E-state index in [0.29, 0.717) is 0 Å². The number of aryl methyl sites for hydroxylation is 1. The summed E-state index contributed by atoms with van der Waals surface area (Å²) in [5, 5.41) is 10.4. The molecule has 0 unspecified atom stereocenters. The highest BCUT2D eigenvalue weighted by Gasteiger charge is 2.20. The van der Waals surface area contributed by atoms with Gasteiger partial charge in [0.15, 0.2) is 5.82 Å². The van der Waals surface area contributed by atoms with Crippen molar-refractivity contribution in [3.05, 3.63) is 23.3 Å². The van der Waals surface area contributed by atoms with Gasteiger partial charge in [-0.15, -0.1) is 21.5 Å². The maximum Gasteiger partial charge on any atom is 0.174 e. The fourth-order valence-electron chi connectivity index (χ4n) is 1.69. The van der Waals surface area contributed by atoms with Crippen molar-refractivity contribution in [2.24, 2.45) is 0 Å². The third kappa shape index (κ3) is 1.89. The van der Waals surface area contributed by atoms with Crippen LogP contribution in [0.2, 0.25) is 0 Å². The lowest BCUT2D eigenvalue weighted by molar-refractivity contribution is 0.400. The summed E-state index contributed by atoms with van der Waals surface area (Å²) >= 11 is 1.74. The molecule has 2 heterocycles. The molecule has 0 atom stereocenters. The number of thiophene rings is 1. The number of hydrogen-bond acceptors (Lipinski definition) is 3. The van der Waals surface area contributed by atoms with Crippen LogP contribution in [0.4, 0.5) is 0 Å². The van der Waals surface area contributed by atoms with Gasteiger partial charge in [-0.25, -0.2) is 0 Å². The van der Waals surface area contributed by atoms with Crippen molar-refractivity contribution in [2.45, 2.75) is 39.7 Å². The van der Waals surface area contributed by atoms with Gasteiger partial charge in [-0.2, -0.15) is 0 Å². The normalized spacial score (nSPS) is 12.0. The van der Waals surface area contributed by atoms with Gasteiger partial charge in [-0.1, -0.05) is 6.92 Å². The Labute approximate surface area is 100 Å². The van der Waals surface area contributed by atoms with Gasteiger partial charge in [0.25, 0.3) is 0 Å². The molecule has 0 aliphatic heterocycles. The summed E-state index contributed by atoms with van der Waals surface area (Å²) < 4.78 is 2.14. The quantitative estimate of drug-likeness (QED) is 0.799. The Morgan fingerprint density at radius 2 is 2.12 bits per heavy atom. The minimum Gasteiger partial charge on any atom is -0.308 e. The van der Waals surface area contributed by atoms with Gasteiger partial charge < -0.3 is 4.57 Å². The van der Waals surface area contributed by atoms with Crippen molar-refractivity contribution in [2.75, 3.05) is 0 Å². The van der Waals surface area contributed by atoms with Crippen molar-refractivity contribution >= 4 is 11.3 Å². The average molecular weight is 235 g/mol. The summed E-state index contributed by atoms with van der Waals surface area (Å²) in [6.45, 7) is 8.67. The van der Waals surface area contributed by atoms with E-state index in [-0.39, 0.29) is 5.54 Å². The summed E-state index contributed by atoms with van der Waals surface area (Å²) in [5.74, 6) is 0.986. The number of nitrogens with zero attached hydrogens (tertiary/aromatic N) is 3. The van der Waals surface area contributed by atoms with Gasteiger partial charge in [-0.3, -0.25) is 0 Å². The molecule has 86 valence electrons. The Bertz CT molecular complexity index is 476. The van der Waals surface area contributed by atoms with Crippen LogP contribution in [0.25, 0.3) is 10.7 Å². The molecule has 2 rings (SSSR count). The van der Waals surface area contributed by atoms with Crippen LogP contribution in [0.15, 0.2) is 17.8 Å². The molecule has 0 amide bonds. The third-order valence-corrected chi connectivity index (χ3v) is 3.55. The van der Waals surface area contributed by atoms with Gasteiger partial charge in [0.05, 0.1) is 4.88 Å². The maximum atomic E-state index is 4.26. The van der Waals surface area contributed by atoms with Crippen LogP contribution in [0, 0.1) is 0 Å². The zero-order valence-electron chi connectivity index (χ0n) is 10.2. The molecule has 0 fully saturated rings. The minimum absolute atomic E-state index is 0.0217. The van der Waals surface area contributed by atoms with E-state index in [1.807, 2.05) is 6.33 Å². The van der Waals surface area contributed by atoms with Crippen molar-refractivity contribution in [3.63, 3.8) is 0 Å². The second kappa shape index (κ2) is 4.01. The zero-order chi connectivity index (χ0) is 11.8. The number of hydrogen-bond donors (Lipinski definition) is 0. The van der Waals surface area contributed by atoms with Gasteiger partial charge in [-0.05, 0) is 44.2 Å². The molecule has 2 aromatic heterocycles. The first-order valence-corrected chi connectivity index (χ1v) is 6.39. The number of rotatable bonds is 2. The summed E-state index contributed by atoms with van der Waals surface area (Å²) in [5.41, 5.74) is 1.37. The van der Waals surface area contributed by atoms with E-state index in [1.54, 1.807) is 11.3 Å². The van der Waals surface area contributed by atoms with E-state index in [4.69, 9.17) is 0 Å². The predicted octanol–water partition coefficient (Wildman–Crippen LogP) is 3.32. The topological polar surface area (TPSA) is 30.7 Å². The second-order valence-electron chi connectivity index (χ2n) is 4.82. The average Bonchev–Trinajstić information content (AvgIpc) is 2.84. The van der Waals surface area contributed by atoms with Crippen LogP contribution < -0.4 is 0 Å². The van der Waals surface area contributed by atoms with Crippen LogP contribution in [0.3, 0.4) is 0 Å². The van der Waals surface area contributed by atoms with Crippen LogP contribution in [0.1, 0.15) is 33.3 Å². The van der Waals surface area contributed by atoms with E-state index < -0.39 is 0 Å². The maximum absolute atomic E-state index is 4.26. The molecule has 0 radical (unpaired) electrons. The molecule has 0 aliphatic carbocycles. The van der Waals surface area contributed by atoms with Gasteiger partial charge in [0.1, 0.15) is 6.33 Å². The lowest BCUT2D eigenvalue weighted by atomic mass is 10.1. The molecule has 0 spiro atoms. The van der Waals surface area contributed by atoms with Crippen LogP contribution in [-0.2, 0) is 12.0 Å². The SMILES string of the molecule is CCc1ccsc1-c1nncn1C(C)(C)C. The third-order valence-electron chi connectivity index (χ3n) is 2.60. The molecule has 0 bridgehead atoms. The molecular formula is C12H17N3S. The summed E-state index contributed by atoms with van der Waals surface area (Å²) in [4.78, 5) is 1.25. The summed E-state index contributed by atoms with van der Waals surface area (Å²) in [6, 6.07) is 2.17. The number of aromatic nitrogens is 3.